The molecule has 0 fully saturated rings. The first-order valence-corrected chi connectivity index (χ1v) is 5.43. The van der Waals surface area contributed by atoms with Crippen LogP contribution in [-0.4, -0.2) is 10.9 Å². The van der Waals surface area contributed by atoms with Gasteiger partial charge in [-0.3, -0.25) is 9.78 Å². The van der Waals surface area contributed by atoms with E-state index in [0.29, 0.717) is 6.07 Å². The first-order chi connectivity index (χ1) is 8.99. The summed E-state index contributed by atoms with van der Waals surface area (Å²) in [4.78, 5) is 15.4. The van der Waals surface area contributed by atoms with Crippen molar-refractivity contribution in [3.05, 3.63) is 58.6 Å². The minimum Gasteiger partial charge on any atom is -0.318 e. The Morgan fingerprint density at radius 3 is 2.58 bits per heavy atom. The number of aromatic nitrogens is 1. The first kappa shape index (κ1) is 13.4. The van der Waals surface area contributed by atoms with E-state index in [4.69, 9.17) is 11.6 Å². The SMILES string of the molecule is O=C(Nc1ccc(F)c(F)c1F)c1cc(Cl)ccn1. The molecule has 0 aliphatic carbocycles. The molecule has 2 rings (SSSR count). The van der Waals surface area contributed by atoms with Crippen molar-refractivity contribution in [2.75, 3.05) is 5.32 Å². The summed E-state index contributed by atoms with van der Waals surface area (Å²) in [5.41, 5.74) is -0.553. The van der Waals surface area contributed by atoms with Gasteiger partial charge in [-0.15, -0.1) is 0 Å². The molecule has 1 N–H and O–H groups in total. The number of carbonyl (C=O) groups is 1. The van der Waals surface area contributed by atoms with Crippen molar-refractivity contribution in [2.45, 2.75) is 0 Å². The highest BCUT2D eigenvalue weighted by Crippen LogP contribution is 2.20. The summed E-state index contributed by atoms with van der Waals surface area (Å²) in [5, 5.41) is 2.35. The summed E-state index contributed by atoms with van der Waals surface area (Å²) < 4.78 is 39.0. The van der Waals surface area contributed by atoms with Crippen LogP contribution < -0.4 is 5.32 Å². The summed E-state index contributed by atoms with van der Waals surface area (Å²) in [6.07, 6.45) is 1.29. The zero-order valence-electron chi connectivity index (χ0n) is 9.25. The highest BCUT2D eigenvalue weighted by molar-refractivity contribution is 6.30. The van der Waals surface area contributed by atoms with E-state index in [2.05, 4.69) is 10.3 Å². The summed E-state index contributed by atoms with van der Waals surface area (Å²) in [6, 6.07) is 4.33. The Hall–Kier alpha value is -2.08. The number of pyridine rings is 1. The number of halogens is 4. The molecule has 0 spiro atoms. The second-order valence-corrected chi connectivity index (χ2v) is 3.97. The molecule has 7 heteroatoms. The van der Waals surface area contributed by atoms with E-state index in [9.17, 15) is 18.0 Å². The number of hydrogen-bond acceptors (Lipinski definition) is 2. The van der Waals surface area contributed by atoms with Crippen molar-refractivity contribution in [1.82, 2.24) is 4.98 Å². The number of carbonyl (C=O) groups excluding carboxylic acids is 1. The number of amides is 1. The summed E-state index contributed by atoms with van der Waals surface area (Å²) in [5.74, 6) is -5.25. The minimum atomic E-state index is -1.66. The molecule has 0 aliphatic heterocycles. The number of rotatable bonds is 2. The smallest absolute Gasteiger partial charge is 0.274 e. The molecule has 3 nitrogen and oxygen atoms in total. The maximum absolute atomic E-state index is 13.3. The van der Waals surface area contributed by atoms with Gasteiger partial charge < -0.3 is 5.32 Å². The topological polar surface area (TPSA) is 42.0 Å². The lowest BCUT2D eigenvalue weighted by molar-refractivity contribution is 0.102. The largest absolute Gasteiger partial charge is 0.318 e. The van der Waals surface area contributed by atoms with E-state index in [1.165, 1.54) is 18.3 Å². The van der Waals surface area contributed by atoms with Crippen LogP contribution in [0.3, 0.4) is 0 Å². The molecule has 0 bridgehead atoms. The van der Waals surface area contributed by atoms with Crippen LogP contribution in [0, 0.1) is 17.5 Å². The monoisotopic (exact) mass is 286 g/mol. The average molecular weight is 287 g/mol. The highest BCUT2D eigenvalue weighted by atomic mass is 35.5. The Morgan fingerprint density at radius 1 is 1.16 bits per heavy atom. The van der Waals surface area contributed by atoms with Crippen LogP contribution in [0.4, 0.5) is 18.9 Å². The van der Waals surface area contributed by atoms with E-state index < -0.39 is 29.0 Å². The summed E-state index contributed by atoms with van der Waals surface area (Å²) in [6.45, 7) is 0. The zero-order valence-corrected chi connectivity index (χ0v) is 10.0. The van der Waals surface area contributed by atoms with Gasteiger partial charge in [-0.05, 0) is 24.3 Å². The lowest BCUT2D eigenvalue weighted by atomic mass is 10.2. The molecule has 2 aromatic rings. The second kappa shape index (κ2) is 5.27. The third-order valence-corrected chi connectivity index (χ3v) is 2.47. The zero-order chi connectivity index (χ0) is 14.0. The van der Waals surface area contributed by atoms with Gasteiger partial charge in [0.25, 0.3) is 5.91 Å². The van der Waals surface area contributed by atoms with Gasteiger partial charge in [-0.2, -0.15) is 0 Å². The molecule has 1 aromatic carbocycles. The van der Waals surface area contributed by atoms with Crippen molar-refractivity contribution in [1.29, 1.82) is 0 Å². The van der Waals surface area contributed by atoms with E-state index in [1.807, 2.05) is 0 Å². The maximum atomic E-state index is 13.3. The van der Waals surface area contributed by atoms with E-state index in [0.717, 1.165) is 6.07 Å². The number of nitrogens with zero attached hydrogens (tertiary/aromatic N) is 1. The lowest BCUT2D eigenvalue weighted by Gasteiger charge is -2.06. The van der Waals surface area contributed by atoms with Crippen LogP contribution in [-0.2, 0) is 0 Å². The molecule has 98 valence electrons. The van der Waals surface area contributed by atoms with E-state index in [-0.39, 0.29) is 10.7 Å². The Balaban J connectivity index is 2.27. The molecule has 0 radical (unpaired) electrons. The Labute approximate surface area is 111 Å². The molecule has 0 saturated heterocycles. The van der Waals surface area contributed by atoms with Crippen LogP contribution in [0.2, 0.25) is 5.02 Å². The molecule has 0 aliphatic rings. The van der Waals surface area contributed by atoms with Crippen molar-refractivity contribution in [2.24, 2.45) is 0 Å². The molecule has 1 amide bonds. The van der Waals surface area contributed by atoms with E-state index in [1.54, 1.807) is 0 Å². The third-order valence-electron chi connectivity index (χ3n) is 2.24. The Morgan fingerprint density at radius 2 is 1.89 bits per heavy atom. The van der Waals surface area contributed by atoms with Crippen molar-refractivity contribution < 1.29 is 18.0 Å². The van der Waals surface area contributed by atoms with Crippen LogP contribution in [0.25, 0.3) is 0 Å². The minimum absolute atomic E-state index is 0.0726. The molecule has 0 atom stereocenters. The average Bonchev–Trinajstić information content (AvgIpc) is 2.39. The number of anilines is 1. The molecule has 1 heterocycles. The predicted octanol–water partition coefficient (Wildman–Crippen LogP) is 3.40. The van der Waals surface area contributed by atoms with Crippen molar-refractivity contribution in [3.8, 4) is 0 Å². The number of nitrogens with one attached hydrogen (secondary N) is 1. The fourth-order valence-corrected chi connectivity index (χ4v) is 1.50. The Bertz CT molecular complexity index is 649. The van der Waals surface area contributed by atoms with E-state index >= 15 is 0 Å². The molecule has 1 aromatic heterocycles. The number of benzene rings is 1. The van der Waals surface area contributed by atoms with Crippen LogP contribution >= 0.6 is 11.6 Å². The van der Waals surface area contributed by atoms with Crippen molar-refractivity contribution in [3.63, 3.8) is 0 Å². The van der Waals surface area contributed by atoms with Crippen LogP contribution in [0.5, 0.6) is 0 Å². The first-order valence-electron chi connectivity index (χ1n) is 5.05. The maximum Gasteiger partial charge on any atom is 0.274 e. The van der Waals surface area contributed by atoms with Gasteiger partial charge in [0, 0.05) is 11.2 Å². The number of hydrogen-bond donors (Lipinski definition) is 1. The summed E-state index contributed by atoms with van der Waals surface area (Å²) in [7, 11) is 0. The van der Waals surface area contributed by atoms with Gasteiger partial charge in [-0.1, -0.05) is 11.6 Å². The van der Waals surface area contributed by atoms with Gasteiger partial charge in [0.05, 0.1) is 5.69 Å². The quantitative estimate of drug-likeness (QED) is 0.860. The standard InChI is InChI=1S/C12H6ClF3N2O/c13-6-3-4-17-9(5-6)12(19)18-8-2-1-7(14)10(15)11(8)16/h1-5H,(H,18,19). The normalized spacial score (nSPS) is 10.3. The van der Waals surface area contributed by atoms with Gasteiger partial charge in [0.15, 0.2) is 17.5 Å². The second-order valence-electron chi connectivity index (χ2n) is 3.54. The Kier molecular flexibility index (Phi) is 3.71. The predicted molar refractivity (Wildman–Crippen MR) is 63.5 cm³/mol. The summed E-state index contributed by atoms with van der Waals surface area (Å²) >= 11 is 5.67. The lowest BCUT2D eigenvalue weighted by Crippen LogP contribution is -2.15. The van der Waals surface area contributed by atoms with Crippen LogP contribution in [0.15, 0.2) is 30.5 Å². The van der Waals surface area contributed by atoms with Crippen molar-refractivity contribution >= 4 is 23.2 Å². The van der Waals surface area contributed by atoms with Gasteiger partial charge in [0.1, 0.15) is 5.69 Å². The molecule has 0 saturated carbocycles. The fourth-order valence-electron chi connectivity index (χ4n) is 1.34. The molecular weight excluding hydrogens is 281 g/mol. The third kappa shape index (κ3) is 2.85. The van der Waals surface area contributed by atoms with Gasteiger partial charge >= 0.3 is 0 Å². The molecule has 0 unspecified atom stereocenters. The molecule has 19 heavy (non-hydrogen) atoms. The highest BCUT2D eigenvalue weighted by Gasteiger charge is 2.16. The van der Waals surface area contributed by atoms with Gasteiger partial charge in [0.2, 0.25) is 0 Å². The van der Waals surface area contributed by atoms with Crippen LogP contribution in [0.1, 0.15) is 10.5 Å². The fraction of sp³-hybridized carbons (Fsp3) is 0. The van der Waals surface area contributed by atoms with Gasteiger partial charge in [-0.25, -0.2) is 13.2 Å². The molecular formula is C12H6ClF3N2O.